The average Bonchev–Trinajstić information content (AvgIpc) is 2.91. The standard InChI is InChI=1S/C17H20N4O2S/c1-17(2,3)21-13-12(14(22)20(5)16(23)19(13)4)18-15(21)24-11-9-7-6-8-10-11/h6-10H,1-5H3. The highest BCUT2D eigenvalue weighted by Crippen LogP contribution is 2.33. The van der Waals surface area contributed by atoms with Gasteiger partial charge in [-0.2, -0.15) is 0 Å². The minimum atomic E-state index is -0.369. The van der Waals surface area contributed by atoms with Gasteiger partial charge < -0.3 is 0 Å². The molecule has 2 heterocycles. The summed E-state index contributed by atoms with van der Waals surface area (Å²) in [7, 11) is 3.15. The second-order valence-corrected chi connectivity index (χ2v) is 7.73. The largest absolute Gasteiger partial charge is 0.332 e. The summed E-state index contributed by atoms with van der Waals surface area (Å²) in [5, 5.41) is 0.696. The summed E-state index contributed by atoms with van der Waals surface area (Å²) in [5.41, 5.74) is -0.190. The first-order chi connectivity index (χ1) is 11.2. The average molecular weight is 344 g/mol. The molecule has 0 spiro atoms. The predicted octanol–water partition coefficient (Wildman–Crippen LogP) is 2.34. The van der Waals surface area contributed by atoms with Crippen molar-refractivity contribution in [3.05, 3.63) is 51.2 Å². The second kappa shape index (κ2) is 5.66. The number of hydrogen-bond acceptors (Lipinski definition) is 4. The van der Waals surface area contributed by atoms with Gasteiger partial charge in [0.05, 0.1) is 0 Å². The Morgan fingerprint density at radius 1 is 1.00 bits per heavy atom. The van der Waals surface area contributed by atoms with Crippen LogP contribution in [0.15, 0.2) is 50.0 Å². The number of hydrogen-bond donors (Lipinski definition) is 0. The van der Waals surface area contributed by atoms with Gasteiger partial charge in [-0.05, 0) is 32.9 Å². The van der Waals surface area contributed by atoms with Gasteiger partial charge in [0.25, 0.3) is 5.56 Å². The maximum Gasteiger partial charge on any atom is 0.332 e. The predicted molar refractivity (Wildman–Crippen MR) is 95.8 cm³/mol. The van der Waals surface area contributed by atoms with E-state index in [4.69, 9.17) is 0 Å². The zero-order valence-corrected chi connectivity index (χ0v) is 15.2. The van der Waals surface area contributed by atoms with Gasteiger partial charge >= 0.3 is 5.69 Å². The molecule has 126 valence electrons. The van der Waals surface area contributed by atoms with Crippen LogP contribution in [0, 0.1) is 0 Å². The van der Waals surface area contributed by atoms with Crippen LogP contribution in [0.1, 0.15) is 20.8 Å². The van der Waals surface area contributed by atoms with Crippen LogP contribution < -0.4 is 11.2 Å². The maximum absolute atomic E-state index is 12.5. The number of aryl methyl sites for hydroxylation is 1. The van der Waals surface area contributed by atoms with E-state index in [0.29, 0.717) is 16.3 Å². The van der Waals surface area contributed by atoms with E-state index in [-0.39, 0.29) is 16.8 Å². The summed E-state index contributed by atoms with van der Waals surface area (Å²) in [4.78, 5) is 30.4. The molecule has 0 unspecified atom stereocenters. The van der Waals surface area contributed by atoms with Crippen LogP contribution in [-0.2, 0) is 19.6 Å². The molecule has 3 rings (SSSR count). The maximum atomic E-state index is 12.5. The molecule has 0 aliphatic rings. The minimum absolute atomic E-state index is 0.313. The molecule has 0 aliphatic heterocycles. The van der Waals surface area contributed by atoms with Gasteiger partial charge in [-0.15, -0.1) is 0 Å². The molecule has 0 atom stereocenters. The van der Waals surface area contributed by atoms with Crippen molar-refractivity contribution in [2.45, 2.75) is 36.4 Å². The highest BCUT2D eigenvalue weighted by atomic mass is 32.2. The zero-order chi connectivity index (χ0) is 17.6. The van der Waals surface area contributed by atoms with Gasteiger partial charge in [-0.1, -0.05) is 30.0 Å². The van der Waals surface area contributed by atoms with Crippen LogP contribution in [0.2, 0.25) is 0 Å². The van der Waals surface area contributed by atoms with Crippen molar-refractivity contribution in [3.8, 4) is 0 Å². The molecular weight excluding hydrogens is 324 g/mol. The van der Waals surface area contributed by atoms with E-state index in [1.165, 1.54) is 23.4 Å². The number of benzene rings is 1. The number of imidazole rings is 1. The molecule has 24 heavy (non-hydrogen) atoms. The third-order valence-corrected chi connectivity index (χ3v) is 4.81. The van der Waals surface area contributed by atoms with Gasteiger partial charge in [-0.25, -0.2) is 9.78 Å². The minimum Gasteiger partial charge on any atom is -0.299 e. The van der Waals surface area contributed by atoms with Crippen LogP contribution in [0.25, 0.3) is 11.2 Å². The lowest BCUT2D eigenvalue weighted by Gasteiger charge is -2.24. The molecular formula is C17H20N4O2S. The van der Waals surface area contributed by atoms with Crippen molar-refractivity contribution in [1.29, 1.82) is 0 Å². The van der Waals surface area contributed by atoms with Crippen LogP contribution in [0.5, 0.6) is 0 Å². The molecule has 0 bridgehead atoms. The Morgan fingerprint density at radius 3 is 2.21 bits per heavy atom. The van der Waals surface area contributed by atoms with Crippen molar-refractivity contribution in [2.24, 2.45) is 14.1 Å². The first kappa shape index (κ1) is 16.6. The lowest BCUT2D eigenvalue weighted by Crippen LogP contribution is -2.38. The number of fused-ring (bicyclic) bond motifs is 1. The number of rotatable bonds is 2. The lowest BCUT2D eigenvalue weighted by atomic mass is 10.1. The van der Waals surface area contributed by atoms with Crippen molar-refractivity contribution >= 4 is 22.9 Å². The van der Waals surface area contributed by atoms with E-state index >= 15 is 0 Å². The number of nitrogens with zero attached hydrogens (tertiary/aromatic N) is 4. The molecule has 0 saturated carbocycles. The van der Waals surface area contributed by atoms with Gasteiger partial charge in [0.15, 0.2) is 16.3 Å². The van der Waals surface area contributed by atoms with E-state index in [1.807, 2.05) is 55.7 Å². The Labute approximate surface area is 143 Å². The summed E-state index contributed by atoms with van der Waals surface area (Å²) in [5.74, 6) is 0. The highest BCUT2D eigenvalue weighted by Gasteiger charge is 2.26. The third kappa shape index (κ3) is 2.58. The molecule has 6 nitrogen and oxygen atoms in total. The monoisotopic (exact) mass is 344 g/mol. The van der Waals surface area contributed by atoms with E-state index in [9.17, 15) is 9.59 Å². The van der Waals surface area contributed by atoms with Crippen molar-refractivity contribution in [2.75, 3.05) is 0 Å². The fraction of sp³-hybridized carbons (Fsp3) is 0.353. The normalized spacial score (nSPS) is 12.0. The zero-order valence-electron chi connectivity index (χ0n) is 14.4. The summed E-state index contributed by atoms with van der Waals surface area (Å²) in [6.45, 7) is 6.10. The smallest absolute Gasteiger partial charge is 0.299 e. The lowest BCUT2D eigenvalue weighted by molar-refractivity contribution is 0.373. The SMILES string of the molecule is Cn1c(=O)c2nc(Sc3ccccc3)n(C(C)(C)C)c2n(C)c1=O. The molecule has 1 aromatic carbocycles. The fourth-order valence-corrected chi connectivity index (χ4v) is 3.77. The second-order valence-electron chi connectivity index (χ2n) is 6.69. The van der Waals surface area contributed by atoms with Crippen LogP contribution in [0.3, 0.4) is 0 Å². The molecule has 0 fully saturated rings. The summed E-state index contributed by atoms with van der Waals surface area (Å²) >= 11 is 1.48. The quantitative estimate of drug-likeness (QED) is 0.716. The first-order valence-corrected chi connectivity index (χ1v) is 8.45. The molecule has 0 N–H and O–H groups in total. The van der Waals surface area contributed by atoms with Crippen LogP contribution in [0.4, 0.5) is 0 Å². The molecule has 0 saturated heterocycles. The highest BCUT2D eigenvalue weighted by molar-refractivity contribution is 7.99. The van der Waals surface area contributed by atoms with Gasteiger partial charge in [0.2, 0.25) is 0 Å². The molecule has 2 aromatic heterocycles. The Hall–Kier alpha value is -2.28. The van der Waals surface area contributed by atoms with Crippen molar-refractivity contribution < 1.29 is 0 Å². The Morgan fingerprint density at radius 2 is 1.62 bits per heavy atom. The van der Waals surface area contributed by atoms with Gasteiger partial charge in [-0.3, -0.25) is 18.5 Å². The topological polar surface area (TPSA) is 61.8 Å². The van der Waals surface area contributed by atoms with E-state index in [1.54, 1.807) is 7.05 Å². The van der Waals surface area contributed by atoms with Gasteiger partial charge in [0, 0.05) is 24.5 Å². The fourth-order valence-electron chi connectivity index (χ4n) is 2.67. The summed E-state index contributed by atoms with van der Waals surface area (Å²) < 4.78 is 4.55. The molecule has 0 radical (unpaired) electrons. The van der Waals surface area contributed by atoms with Crippen molar-refractivity contribution in [3.63, 3.8) is 0 Å². The van der Waals surface area contributed by atoms with E-state index in [2.05, 4.69) is 4.98 Å². The third-order valence-electron chi connectivity index (χ3n) is 3.84. The Balaban J connectivity index is 2.38. The summed E-state index contributed by atoms with van der Waals surface area (Å²) in [6.07, 6.45) is 0. The molecule has 7 heteroatoms. The summed E-state index contributed by atoms with van der Waals surface area (Å²) in [6, 6.07) is 9.86. The van der Waals surface area contributed by atoms with Crippen molar-refractivity contribution in [1.82, 2.24) is 18.7 Å². The molecule has 0 aliphatic carbocycles. The molecule has 0 amide bonds. The van der Waals surface area contributed by atoms with Crippen LogP contribution in [-0.4, -0.2) is 18.7 Å². The molecule has 3 aromatic rings. The Kier molecular flexibility index (Phi) is 3.91. The Bertz CT molecular complexity index is 1020. The van der Waals surface area contributed by atoms with Gasteiger partial charge in [0.1, 0.15) is 0 Å². The first-order valence-electron chi connectivity index (χ1n) is 7.63. The van der Waals surface area contributed by atoms with E-state index < -0.39 is 0 Å². The van der Waals surface area contributed by atoms with E-state index in [0.717, 1.165) is 9.46 Å². The van der Waals surface area contributed by atoms with Crippen LogP contribution >= 0.6 is 11.8 Å². The number of aromatic nitrogens is 4.